The summed E-state index contributed by atoms with van der Waals surface area (Å²) in [6.45, 7) is 4.03. The molecule has 1 atom stereocenters. The Morgan fingerprint density at radius 2 is 1.67 bits per heavy atom. The molecule has 1 saturated heterocycles. The second kappa shape index (κ2) is 6.07. The van der Waals surface area contributed by atoms with E-state index in [0.717, 1.165) is 11.1 Å². The Morgan fingerprint density at radius 3 is 2.25 bits per heavy atom. The van der Waals surface area contributed by atoms with E-state index in [9.17, 15) is 14.0 Å². The molecule has 0 aliphatic carbocycles. The smallest absolute Gasteiger partial charge is 0.319 e. The molecule has 0 spiro atoms. The van der Waals surface area contributed by atoms with E-state index in [0.29, 0.717) is 12.0 Å². The molecule has 1 aliphatic rings. The van der Waals surface area contributed by atoms with E-state index >= 15 is 0 Å². The van der Waals surface area contributed by atoms with Gasteiger partial charge >= 0.3 is 6.03 Å². The Balaban J connectivity index is 1.91. The highest BCUT2D eigenvalue weighted by Gasteiger charge is 2.51. The molecule has 1 aliphatic heterocycles. The van der Waals surface area contributed by atoms with Crippen molar-refractivity contribution in [3.63, 3.8) is 0 Å². The molecule has 0 aromatic heterocycles. The van der Waals surface area contributed by atoms with Crippen molar-refractivity contribution in [3.05, 3.63) is 71.0 Å². The first kappa shape index (κ1) is 16.2. The lowest BCUT2D eigenvalue weighted by molar-refractivity contribution is -0.132. The maximum Gasteiger partial charge on any atom is 0.325 e. The largest absolute Gasteiger partial charge is 0.325 e. The molecule has 1 heterocycles. The van der Waals surface area contributed by atoms with Gasteiger partial charge in [-0.25, -0.2) is 9.18 Å². The molecule has 124 valence electrons. The third kappa shape index (κ3) is 2.66. The third-order valence-electron chi connectivity index (χ3n) is 4.50. The maximum atomic E-state index is 13.2. The van der Waals surface area contributed by atoms with Crippen LogP contribution in [0.5, 0.6) is 0 Å². The summed E-state index contributed by atoms with van der Waals surface area (Å²) in [5, 5.41) is 2.80. The zero-order valence-corrected chi connectivity index (χ0v) is 13.7. The Morgan fingerprint density at radius 1 is 1.04 bits per heavy atom. The fourth-order valence-corrected chi connectivity index (χ4v) is 3.02. The Kier molecular flexibility index (Phi) is 4.09. The highest BCUT2D eigenvalue weighted by atomic mass is 19.1. The summed E-state index contributed by atoms with van der Waals surface area (Å²) in [5.74, 6) is -0.680. The summed E-state index contributed by atoms with van der Waals surface area (Å²) in [6, 6.07) is 13.0. The number of carbonyl (C=O) groups excluding carboxylic acids is 2. The molecule has 2 aromatic rings. The number of halogens is 1. The van der Waals surface area contributed by atoms with Crippen LogP contribution >= 0.6 is 0 Å². The van der Waals surface area contributed by atoms with Crippen LogP contribution < -0.4 is 5.32 Å². The van der Waals surface area contributed by atoms with Crippen LogP contribution in [-0.2, 0) is 16.9 Å². The number of rotatable bonds is 4. The zero-order chi connectivity index (χ0) is 17.3. The monoisotopic (exact) mass is 326 g/mol. The predicted octanol–water partition coefficient (Wildman–Crippen LogP) is 3.49. The van der Waals surface area contributed by atoms with Crippen LogP contribution in [0.3, 0.4) is 0 Å². The van der Waals surface area contributed by atoms with Crippen LogP contribution in [0, 0.1) is 12.7 Å². The van der Waals surface area contributed by atoms with Crippen molar-refractivity contribution in [2.24, 2.45) is 0 Å². The number of imide groups is 1. The van der Waals surface area contributed by atoms with Gasteiger partial charge in [-0.05, 0) is 36.6 Å². The van der Waals surface area contributed by atoms with E-state index in [4.69, 9.17) is 0 Å². The quantitative estimate of drug-likeness (QED) is 0.874. The van der Waals surface area contributed by atoms with Crippen molar-refractivity contribution < 1.29 is 14.0 Å². The Hall–Kier alpha value is -2.69. The Bertz CT molecular complexity index is 771. The highest BCUT2D eigenvalue weighted by Crippen LogP contribution is 2.33. The standard InChI is InChI=1S/C19H19FN2O2/c1-3-19(15-8-10-16(20)11-9-15)17(23)22(18(24)21-19)12-14-6-4-13(2)5-7-14/h4-11H,3,12H2,1-2H3,(H,21,24)/t19-/m0/s1. The van der Waals surface area contributed by atoms with Gasteiger partial charge in [0.1, 0.15) is 11.4 Å². The fourth-order valence-electron chi connectivity index (χ4n) is 3.02. The predicted molar refractivity (Wildman–Crippen MR) is 88.6 cm³/mol. The summed E-state index contributed by atoms with van der Waals surface area (Å²) in [5.41, 5.74) is 1.46. The van der Waals surface area contributed by atoms with E-state index in [2.05, 4.69) is 5.32 Å². The lowest BCUT2D eigenvalue weighted by Crippen LogP contribution is -2.43. The van der Waals surface area contributed by atoms with Gasteiger partial charge in [0.25, 0.3) is 5.91 Å². The van der Waals surface area contributed by atoms with Gasteiger partial charge < -0.3 is 5.32 Å². The van der Waals surface area contributed by atoms with Gasteiger partial charge in [-0.3, -0.25) is 9.69 Å². The number of nitrogens with zero attached hydrogens (tertiary/aromatic N) is 1. The average molecular weight is 326 g/mol. The van der Waals surface area contributed by atoms with E-state index in [-0.39, 0.29) is 18.3 Å². The van der Waals surface area contributed by atoms with Crippen LogP contribution in [-0.4, -0.2) is 16.8 Å². The van der Waals surface area contributed by atoms with E-state index in [1.165, 1.54) is 17.0 Å². The van der Waals surface area contributed by atoms with Gasteiger partial charge in [0.2, 0.25) is 0 Å². The first-order valence-electron chi connectivity index (χ1n) is 7.92. The van der Waals surface area contributed by atoms with Gasteiger partial charge in [0.15, 0.2) is 0 Å². The fraction of sp³-hybridized carbons (Fsp3) is 0.263. The second-order valence-corrected chi connectivity index (χ2v) is 6.07. The number of hydrogen-bond donors (Lipinski definition) is 1. The zero-order valence-electron chi connectivity index (χ0n) is 13.7. The summed E-state index contributed by atoms with van der Waals surface area (Å²) in [4.78, 5) is 26.6. The van der Waals surface area contributed by atoms with Crippen molar-refractivity contribution in [1.82, 2.24) is 10.2 Å². The minimum absolute atomic E-state index is 0.216. The molecule has 4 nitrogen and oxygen atoms in total. The molecular formula is C19H19FN2O2. The average Bonchev–Trinajstić information content (AvgIpc) is 2.82. The number of nitrogens with one attached hydrogen (secondary N) is 1. The maximum absolute atomic E-state index is 13.2. The normalized spacial score (nSPS) is 20.4. The molecule has 0 bridgehead atoms. The van der Waals surface area contributed by atoms with Crippen molar-refractivity contribution in [1.29, 1.82) is 0 Å². The number of urea groups is 1. The van der Waals surface area contributed by atoms with Crippen LogP contribution in [0.15, 0.2) is 48.5 Å². The summed E-state index contributed by atoms with van der Waals surface area (Å²) < 4.78 is 13.2. The van der Waals surface area contributed by atoms with Gasteiger partial charge in [0.05, 0.1) is 6.54 Å². The van der Waals surface area contributed by atoms with Crippen LogP contribution in [0.25, 0.3) is 0 Å². The Labute approximate surface area is 140 Å². The molecule has 0 saturated carbocycles. The van der Waals surface area contributed by atoms with Crippen molar-refractivity contribution in [2.45, 2.75) is 32.4 Å². The molecule has 0 unspecified atom stereocenters. The minimum Gasteiger partial charge on any atom is -0.319 e. The minimum atomic E-state index is -1.13. The van der Waals surface area contributed by atoms with Gasteiger partial charge in [-0.1, -0.05) is 48.9 Å². The van der Waals surface area contributed by atoms with Gasteiger partial charge in [0, 0.05) is 0 Å². The van der Waals surface area contributed by atoms with Crippen LogP contribution in [0.1, 0.15) is 30.0 Å². The van der Waals surface area contributed by atoms with E-state index < -0.39 is 11.6 Å². The number of benzene rings is 2. The highest BCUT2D eigenvalue weighted by molar-refractivity contribution is 6.07. The number of hydrogen-bond acceptors (Lipinski definition) is 2. The molecule has 0 radical (unpaired) electrons. The molecule has 2 aromatic carbocycles. The van der Waals surface area contributed by atoms with E-state index in [1.54, 1.807) is 12.1 Å². The van der Waals surface area contributed by atoms with Crippen molar-refractivity contribution >= 4 is 11.9 Å². The van der Waals surface area contributed by atoms with E-state index in [1.807, 2.05) is 38.1 Å². The molecule has 1 fully saturated rings. The topological polar surface area (TPSA) is 49.4 Å². The van der Waals surface area contributed by atoms with Crippen LogP contribution in [0.4, 0.5) is 9.18 Å². The lowest BCUT2D eigenvalue weighted by Gasteiger charge is -2.25. The molecule has 3 amide bonds. The van der Waals surface area contributed by atoms with Gasteiger partial charge in [-0.15, -0.1) is 0 Å². The van der Waals surface area contributed by atoms with Crippen LogP contribution in [0.2, 0.25) is 0 Å². The second-order valence-electron chi connectivity index (χ2n) is 6.07. The van der Waals surface area contributed by atoms with Gasteiger partial charge in [-0.2, -0.15) is 0 Å². The summed E-state index contributed by atoms with van der Waals surface area (Å²) >= 11 is 0. The number of carbonyl (C=O) groups is 2. The molecule has 3 rings (SSSR count). The lowest BCUT2D eigenvalue weighted by atomic mass is 9.87. The van der Waals surface area contributed by atoms with Crippen molar-refractivity contribution in [3.8, 4) is 0 Å². The number of aryl methyl sites for hydroxylation is 1. The molecule has 5 heteroatoms. The number of amides is 3. The van der Waals surface area contributed by atoms with Crippen molar-refractivity contribution in [2.75, 3.05) is 0 Å². The molecule has 1 N–H and O–H groups in total. The molecule has 24 heavy (non-hydrogen) atoms. The SMILES string of the molecule is CC[C@@]1(c2ccc(F)cc2)NC(=O)N(Cc2ccc(C)cc2)C1=O. The summed E-state index contributed by atoms with van der Waals surface area (Å²) in [6.07, 6.45) is 0.396. The summed E-state index contributed by atoms with van der Waals surface area (Å²) in [7, 11) is 0. The third-order valence-corrected chi connectivity index (χ3v) is 4.50. The first-order chi connectivity index (χ1) is 11.5. The first-order valence-corrected chi connectivity index (χ1v) is 7.92. The molecular weight excluding hydrogens is 307 g/mol.